The van der Waals surface area contributed by atoms with E-state index in [0.717, 1.165) is 11.3 Å². The Bertz CT molecular complexity index is 963. The lowest BCUT2D eigenvalue weighted by atomic mass is 10.1. The maximum atomic E-state index is 13.0. The molecular formula is C25H29N2O2+. The number of nitrogens with zero attached hydrogens (tertiary/aromatic N) is 1. The van der Waals surface area contributed by atoms with E-state index in [9.17, 15) is 4.79 Å². The SMILES string of the molecule is C[N+]#CC(NC(=O)C1C(C=C(C)C)C1(C)C)c1cccc(Oc2ccccc2)c1. The number of carbonyl (C=O) groups is 1. The maximum Gasteiger partial charge on any atom is 0.302 e. The number of carbonyl (C=O) groups excluding carboxylic acids is 1. The van der Waals surface area contributed by atoms with E-state index >= 15 is 0 Å². The first-order valence-electron chi connectivity index (χ1n) is 9.95. The summed E-state index contributed by atoms with van der Waals surface area (Å²) in [4.78, 5) is 17.0. The van der Waals surface area contributed by atoms with E-state index in [1.807, 2.05) is 54.6 Å². The highest BCUT2D eigenvalue weighted by Gasteiger charge is 2.60. The number of ether oxygens (including phenoxy) is 1. The molecule has 0 radical (unpaired) electrons. The summed E-state index contributed by atoms with van der Waals surface area (Å²) in [7, 11) is 1.66. The molecule has 2 aromatic carbocycles. The fraction of sp³-hybridized carbons (Fsp3) is 0.360. The lowest BCUT2D eigenvalue weighted by Crippen LogP contribution is -2.30. The quantitative estimate of drug-likeness (QED) is 0.631. The van der Waals surface area contributed by atoms with Crippen molar-refractivity contribution >= 4 is 5.91 Å². The summed E-state index contributed by atoms with van der Waals surface area (Å²) in [5, 5.41) is 3.12. The van der Waals surface area contributed by atoms with E-state index in [1.54, 1.807) is 7.05 Å². The van der Waals surface area contributed by atoms with Crippen LogP contribution in [0.4, 0.5) is 0 Å². The Labute approximate surface area is 173 Å². The minimum absolute atomic E-state index is 0.0342. The number of rotatable bonds is 6. The van der Waals surface area contributed by atoms with Crippen LogP contribution in [0.15, 0.2) is 66.2 Å². The molecule has 3 rings (SSSR count). The van der Waals surface area contributed by atoms with Gasteiger partial charge in [-0.2, -0.15) is 0 Å². The van der Waals surface area contributed by atoms with Crippen LogP contribution in [0.3, 0.4) is 0 Å². The summed E-state index contributed by atoms with van der Waals surface area (Å²) in [5.74, 6) is 1.73. The normalized spacial score (nSPS) is 19.9. The van der Waals surface area contributed by atoms with Gasteiger partial charge in [0, 0.05) is 0 Å². The first-order valence-corrected chi connectivity index (χ1v) is 9.95. The van der Waals surface area contributed by atoms with Gasteiger partial charge >= 0.3 is 6.07 Å². The number of amides is 1. The predicted molar refractivity (Wildman–Crippen MR) is 117 cm³/mol. The lowest BCUT2D eigenvalue weighted by Gasteiger charge is -2.12. The van der Waals surface area contributed by atoms with E-state index in [2.05, 4.69) is 50.0 Å². The minimum atomic E-state index is -0.421. The fourth-order valence-electron chi connectivity index (χ4n) is 3.78. The molecule has 3 unspecified atom stereocenters. The fourth-order valence-corrected chi connectivity index (χ4v) is 3.78. The Morgan fingerprint density at radius 1 is 1.14 bits per heavy atom. The topological polar surface area (TPSA) is 42.7 Å². The highest BCUT2D eigenvalue weighted by molar-refractivity contribution is 5.84. The summed E-state index contributed by atoms with van der Waals surface area (Å²) in [6.07, 6.45) is 2.20. The highest BCUT2D eigenvalue weighted by atomic mass is 16.5. The minimum Gasteiger partial charge on any atom is -0.457 e. The molecule has 0 bridgehead atoms. The Balaban J connectivity index is 1.76. The third-order valence-electron chi connectivity index (χ3n) is 5.42. The summed E-state index contributed by atoms with van der Waals surface area (Å²) in [6.45, 7) is 8.43. The van der Waals surface area contributed by atoms with Crippen molar-refractivity contribution in [1.82, 2.24) is 5.32 Å². The van der Waals surface area contributed by atoms with Crippen molar-refractivity contribution in [1.29, 1.82) is 0 Å². The van der Waals surface area contributed by atoms with Crippen LogP contribution < -0.4 is 10.1 Å². The van der Waals surface area contributed by atoms with Gasteiger partial charge in [0.1, 0.15) is 11.5 Å². The first-order chi connectivity index (χ1) is 13.8. The van der Waals surface area contributed by atoms with E-state index in [1.165, 1.54) is 5.57 Å². The van der Waals surface area contributed by atoms with Gasteiger partial charge in [0.2, 0.25) is 5.91 Å². The van der Waals surface area contributed by atoms with E-state index < -0.39 is 6.04 Å². The molecule has 0 aromatic heterocycles. The van der Waals surface area contributed by atoms with Gasteiger partial charge in [-0.05, 0) is 55.0 Å². The van der Waals surface area contributed by atoms with Gasteiger partial charge in [-0.25, -0.2) is 0 Å². The molecule has 29 heavy (non-hydrogen) atoms. The average Bonchev–Trinajstić information content (AvgIpc) is 3.21. The lowest BCUT2D eigenvalue weighted by molar-refractivity contribution is -0.123. The summed E-state index contributed by atoms with van der Waals surface area (Å²) >= 11 is 0. The molecule has 1 aliphatic carbocycles. The molecule has 2 aromatic rings. The molecule has 150 valence electrons. The van der Waals surface area contributed by atoms with Crippen LogP contribution >= 0.6 is 0 Å². The number of nitrogens with one attached hydrogen (secondary N) is 1. The van der Waals surface area contributed by atoms with Crippen molar-refractivity contribution in [3.8, 4) is 17.6 Å². The Morgan fingerprint density at radius 2 is 1.83 bits per heavy atom. The van der Waals surface area contributed by atoms with Gasteiger partial charge in [0.05, 0.1) is 5.92 Å². The molecule has 4 nitrogen and oxygen atoms in total. The molecule has 0 heterocycles. The highest BCUT2D eigenvalue weighted by Crippen LogP contribution is 2.59. The molecule has 1 aliphatic rings. The predicted octanol–water partition coefficient (Wildman–Crippen LogP) is 5.84. The van der Waals surface area contributed by atoms with Crippen molar-refractivity contribution < 1.29 is 9.53 Å². The van der Waals surface area contributed by atoms with Crippen LogP contribution in [-0.2, 0) is 4.79 Å². The van der Waals surface area contributed by atoms with Crippen LogP contribution in [0.1, 0.15) is 39.3 Å². The third-order valence-corrected chi connectivity index (χ3v) is 5.42. The standard InChI is InChI=1S/C25H28N2O2/c1-17(2)14-21-23(25(21,3)4)24(28)27-22(16-26-5)18-10-9-13-20(15-18)29-19-11-7-6-8-12-19/h6-15,21-23H,1-5H3/p+1. The van der Waals surface area contributed by atoms with Gasteiger partial charge in [-0.3, -0.25) is 4.79 Å². The van der Waals surface area contributed by atoms with Gasteiger partial charge in [0.15, 0.2) is 6.04 Å². The number of para-hydroxylation sites is 1. The van der Waals surface area contributed by atoms with Gasteiger partial charge < -0.3 is 10.1 Å². The monoisotopic (exact) mass is 389 g/mol. The number of benzene rings is 2. The summed E-state index contributed by atoms with van der Waals surface area (Å²) < 4.78 is 5.93. The summed E-state index contributed by atoms with van der Waals surface area (Å²) in [5.41, 5.74) is 2.09. The second-order valence-electron chi connectivity index (χ2n) is 8.35. The molecule has 1 fully saturated rings. The number of hydrogen-bond donors (Lipinski definition) is 1. The Kier molecular flexibility index (Phi) is 6.08. The first kappa shape index (κ1) is 20.7. The zero-order valence-electron chi connectivity index (χ0n) is 17.8. The van der Waals surface area contributed by atoms with E-state index in [0.29, 0.717) is 5.75 Å². The van der Waals surface area contributed by atoms with Crippen molar-refractivity contribution in [3.05, 3.63) is 76.7 Å². The van der Waals surface area contributed by atoms with Crippen molar-refractivity contribution in [2.45, 2.75) is 33.7 Å². The average molecular weight is 390 g/mol. The second kappa shape index (κ2) is 8.53. The molecule has 1 amide bonds. The molecule has 1 N–H and O–H groups in total. The smallest absolute Gasteiger partial charge is 0.302 e. The van der Waals surface area contributed by atoms with Crippen LogP contribution in [0, 0.1) is 23.3 Å². The number of allylic oxidation sites excluding steroid dienone is 2. The molecule has 0 aliphatic heterocycles. The molecule has 0 spiro atoms. The van der Waals surface area contributed by atoms with E-state index in [4.69, 9.17) is 4.74 Å². The Morgan fingerprint density at radius 3 is 2.48 bits per heavy atom. The van der Waals surface area contributed by atoms with Crippen LogP contribution in [0.5, 0.6) is 11.5 Å². The molecule has 4 heteroatoms. The zero-order valence-corrected chi connectivity index (χ0v) is 17.8. The zero-order chi connectivity index (χ0) is 21.0. The van der Waals surface area contributed by atoms with Gasteiger partial charge in [0.25, 0.3) is 7.05 Å². The van der Waals surface area contributed by atoms with Crippen LogP contribution in [-0.4, -0.2) is 13.0 Å². The van der Waals surface area contributed by atoms with Gasteiger partial charge in [-0.15, -0.1) is 0 Å². The summed E-state index contributed by atoms with van der Waals surface area (Å²) in [6, 6.07) is 19.9. The second-order valence-corrected chi connectivity index (χ2v) is 8.35. The van der Waals surface area contributed by atoms with Crippen molar-refractivity contribution in [2.24, 2.45) is 17.3 Å². The van der Waals surface area contributed by atoms with Crippen molar-refractivity contribution in [2.75, 3.05) is 7.05 Å². The largest absolute Gasteiger partial charge is 0.457 e. The van der Waals surface area contributed by atoms with Crippen LogP contribution in [0.2, 0.25) is 0 Å². The maximum absolute atomic E-state index is 13.0. The number of hydrogen-bond acceptors (Lipinski definition) is 2. The van der Waals surface area contributed by atoms with Crippen LogP contribution in [0.25, 0.3) is 4.85 Å². The molecular weight excluding hydrogens is 360 g/mol. The molecule has 3 atom stereocenters. The van der Waals surface area contributed by atoms with Gasteiger partial charge in [-0.1, -0.05) is 60.7 Å². The third kappa shape index (κ3) is 4.86. The Hall–Kier alpha value is -3.06. The van der Waals surface area contributed by atoms with E-state index in [-0.39, 0.29) is 23.2 Å². The molecule has 1 saturated carbocycles. The molecule has 0 saturated heterocycles. The van der Waals surface area contributed by atoms with Crippen molar-refractivity contribution in [3.63, 3.8) is 0 Å².